The molecule has 0 aromatic heterocycles. The predicted octanol–water partition coefficient (Wildman–Crippen LogP) is 2.93. The maximum Gasteiger partial charge on any atom is 0.320 e. The lowest BCUT2D eigenvalue weighted by Gasteiger charge is -2.20. The molecule has 4 heteroatoms. The number of carboxylic acids is 1. The lowest BCUT2D eigenvalue weighted by atomic mass is 9.99. The summed E-state index contributed by atoms with van der Waals surface area (Å²) in [7, 11) is 0. The Balaban J connectivity index is 2.64. The van der Waals surface area contributed by atoms with E-state index in [0.717, 1.165) is 12.0 Å². The van der Waals surface area contributed by atoms with Crippen LogP contribution in [-0.4, -0.2) is 17.1 Å². The second-order valence-corrected chi connectivity index (χ2v) is 4.58. The van der Waals surface area contributed by atoms with Crippen molar-refractivity contribution in [3.8, 4) is 0 Å². The molecule has 17 heavy (non-hydrogen) atoms. The Morgan fingerprint density at radius 2 is 2.12 bits per heavy atom. The van der Waals surface area contributed by atoms with Crippen molar-refractivity contribution >= 4 is 17.6 Å². The Labute approximate surface area is 107 Å². The number of rotatable bonds is 6. The number of carbonyl (C=O) groups is 1. The number of hydrogen-bond acceptors (Lipinski definition) is 2. The van der Waals surface area contributed by atoms with Crippen molar-refractivity contribution in [1.29, 1.82) is 0 Å². The number of carboxylic acid groups (broad SMARTS) is 1. The van der Waals surface area contributed by atoms with Crippen LogP contribution in [0.2, 0.25) is 5.02 Å². The summed E-state index contributed by atoms with van der Waals surface area (Å²) >= 11 is 6.01. The van der Waals surface area contributed by atoms with Crippen LogP contribution in [0.5, 0.6) is 0 Å². The quantitative estimate of drug-likeness (QED) is 0.822. The maximum atomic E-state index is 11.1. The van der Waals surface area contributed by atoms with Crippen molar-refractivity contribution in [2.24, 2.45) is 5.92 Å². The van der Waals surface area contributed by atoms with Gasteiger partial charge in [0.1, 0.15) is 6.04 Å². The molecule has 0 fully saturated rings. The minimum absolute atomic E-state index is 0.0926. The first-order valence-electron chi connectivity index (χ1n) is 5.75. The van der Waals surface area contributed by atoms with Crippen molar-refractivity contribution in [2.75, 3.05) is 0 Å². The van der Waals surface area contributed by atoms with E-state index in [9.17, 15) is 4.79 Å². The largest absolute Gasteiger partial charge is 0.480 e. The summed E-state index contributed by atoms with van der Waals surface area (Å²) < 4.78 is 0. The lowest BCUT2D eigenvalue weighted by molar-refractivity contribution is -0.140. The molecule has 0 heterocycles. The summed E-state index contributed by atoms with van der Waals surface area (Å²) in [5.41, 5.74) is 0.920. The highest BCUT2D eigenvalue weighted by Crippen LogP contribution is 2.16. The molecule has 0 unspecified atom stereocenters. The van der Waals surface area contributed by atoms with Crippen LogP contribution in [-0.2, 0) is 11.3 Å². The molecule has 1 rings (SSSR count). The number of hydrogen-bond donors (Lipinski definition) is 2. The SMILES string of the molecule is CC[C@H](C)[C@H](NCc1ccccc1Cl)C(=O)O. The van der Waals surface area contributed by atoms with Gasteiger partial charge in [0, 0.05) is 11.6 Å². The summed E-state index contributed by atoms with van der Waals surface area (Å²) in [6.45, 7) is 4.39. The van der Waals surface area contributed by atoms with E-state index < -0.39 is 12.0 Å². The second-order valence-electron chi connectivity index (χ2n) is 4.17. The van der Waals surface area contributed by atoms with Crippen LogP contribution in [0.1, 0.15) is 25.8 Å². The molecule has 3 nitrogen and oxygen atoms in total. The lowest BCUT2D eigenvalue weighted by Crippen LogP contribution is -2.41. The van der Waals surface area contributed by atoms with Crippen molar-refractivity contribution in [1.82, 2.24) is 5.32 Å². The summed E-state index contributed by atoms with van der Waals surface area (Å²) in [6.07, 6.45) is 0.826. The Kier molecular flexibility index (Phi) is 5.45. The van der Waals surface area contributed by atoms with Gasteiger partial charge in [-0.05, 0) is 17.5 Å². The van der Waals surface area contributed by atoms with Crippen LogP contribution < -0.4 is 5.32 Å². The molecule has 0 saturated carbocycles. The molecule has 94 valence electrons. The second kappa shape index (κ2) is 6.62. The van der Waals surface area contributed by atoms with Gasteiger partial charge in [-0.1, -0.05) is 50.1 Å². The van der Waals surface area contributed by atoms with Gasteiger partial charge < -0.3 is 10.4 Å². The molecule has 0 radical (unpaired) electrons. The minimum atomic E-state index is -0.814. The molecule has 0 amide bonds. The average molecular weight is 256 g/mol. The topological polar surface area (TPSA) is 49.3 Å². The summed E-state index contributed by atoms with van der Waals surface area (Å²) in [4.78, 5) is 11.1. The monoisotopic (exact) mass is 255 g/mol. The normalized spacial score (nSPS) is 14.3. The zero-order chi connectivity index (χ0) is 12.8. The highest BCUT2D eigenvalue weighted by atomic mass is 35.5. The van der Waals surface area contributed by atoms with Gasteiger partial charge >= 0.3 is 5.97 Å². The summed E-state index contributed by atoms with van der Waals surface area (Å²) in [5, 5.41) is 12.8. The first kappa shape index (κ1) is 14.0. The van der Waals surface area contributed by atoms with Gasteiger partial charge in [-0.2, -0.15) is 0 Å². The molecule has 1 aromatic carbocycles. The van der Waals surface area contributed by atoms with Crippen molar-refractivity contribution in [3.05, 3.63) is 34.9 Å². The number of nitrogens with one attached hydrogen (secondary N) is 1. The first-order valence-corrected chi connectivity index (χ1v) is 6.13. The van der Waals surface area contributed by atoms with Crippen LogP contribution in [0.25, 0.3) is 0 Å². The van der Waals surface area contributed by atoms with Crippen LogP contribution in [0, 0.1) is 5.92 Å². The van der Waals surface area contributed by atoms with E-state index in [1.807, 2.05) is 32.0 Å². The first-order chi connectivity index (χ1) is 8.06. The van der Waals surface area contributed by atoms with E-state index >= 15 is 0 Å². The van der Waals surface area contributed by atoms with Gasteiger partial charge in [-0.25, -0.2) is 0 Å². The van der Waals surface area contributed by atoms with Gasteiger partial charge in [0.15, 0.2) is 0 Å². The molecule has 2 N–H and O–H groups in total. The highest BCUT2D eigenvalue weighted by molar-refractivity contribution is 6.31. The van der Waals surface area contributed by atoms with Gasteiger partial charge in [-0.3, -0.25) is 4.79 Å². The molecule has 1 aromatic rings. The van der Waals surface area contributed by atoms with Crippen LogP contribution in [0.3, 0.4) is 0 Å². The van der Waals surface area contributed by atoms with E-state index in [-0.39, 0.29) is 5.92 Å². The fourth-order valence-corrected chi connectivity index (χ4v) is 1.83. The predicted molar refractivity (Wildman–Crippen MR) is 69.2 cm³/mol. The van der Waals surface area contributed by atoms with Gasteiger partial charge in [0.25, 0.3) is 0 Å². The van der Waals surface area contributed by atoms with E-state index in [1.54, 1.807) is 6.07 Å². The Bertz CT molecular complexity index is 381. The number of benzene rings is 1. The molecule has 0 saturated heterocycles. The van der Waals surface area contributed by atoms with Crippen LogP contribution in [0.15, 0.2) is 24.3 Å². The fourth-order valence-electron chi connectivity index (χ4n) is 1.63. The molecule has 0 aliphatic rings. The average Bonchev–Trinajstić information content (AvgIpc) is 2.30. The van der Waals surface area contributed by atoms with Crippen molar-refractivity contribution < 1.29 is 9.90 Å². The maximum absolute atomic E-state index is 11.1. The molecule has 0 spiro atoms. The molecule has 0 bridgehead atoms. The molecule has 0 aliphatic carbocycles. The zero-order valence-corrected chi connectivity index (χ0v) is 10.9. The van der Waals surface area contributed by atoms with Crippen LogP contribution in [0.4, 0.5) is 0 Å². The Hall–Kier alpha value is -1.06. The summed E-state index contributed by atoms with van der Waals surface area (Å²) in [6, 6.07) is 6.91. The standard InChI is InChI=1S/C13H18ClNO2/c1-3-9(2)12(13(16)17)15-8-10-6-4-5-7-11(10)14/h4-7,9,12,15H,3,8H2,1-2H3,(H,16,17)/t9-,12-/m0/s1. The Morgan fingerprint density at radius 3 is 2.65 bits per heavy atom. The van der Waals surface area contributed by atoms with E-state index in [4.69, 9.17) is 16.7 Å². The van der Waals surface area contributed by atoms with Crippen molar-refractivity contribution in [2.45, 2.75) is 32.9 Å². The van der Waals surface area contributed by atoms with Crippen LogP contribution >= 0.6 is 11.6 Å². The number of aliphatic carboxylic acids is 1. The smallest absolute Gasteiger partial charge is 0.320 e. The van der Waals surface area contributed by atoms with E-state index in [1.165, 1.54) is 0 Å². The van der Waals surface area contributed by atoms with Gasteiger partial charge in [-0.15, -0.1) is 0 Å². The van der Waals surface area contributed by atoms with Gasteiger partial charge in [0.05, 0.1) is 0 Å². The Morgan fingerprint density at radius 1 is 1.47 bits per heavy atom. The van der Waals surface area contributed by atoms with Crippen molar-refractivity contribution in [3.63, 3.8) is 0 Å². The zero-order valence-electron chi connectivity index (χ0n) is 10.1. The minimum Gasteiger partial charge on any atom is -0.480 e. The fraction of sp³-hybridized carbons (Fsp3) is 0.462. The molecule has 0 aliphatic heterocycles. The highest BCUT2D eigenvalue weighted by Gasteiger charge is 2.22. The molecular formula is C13H18ClNO2. The molecule has 2 atom stereocenters. The third-order valence-corrected chi connectivity index (χ3v) is 3.32. The van der Waals surface area contributed by atoms with E-state index in [0.29, 0.717) is 11.6 Å². The third-order valence-electron chi connectivity index (χ3n) is 2.95. The van der Waals surface area contributed by atoms with E-state index in [2.05, 4.69) is 5.32 Å². The summed E-state index contributed by atoms with van der Waals surface area (Å²) in [5.74, 6) is -0.721. The number of halogens is 1. The molecular weight excluding hydrogens is 238 g/mol. The third kappa shape index (κ3) is 4.02. The van der Waals surface area contributed by atoms with Gasteiger partial charge in [0.2, 0.25) is 0 Å².